The summed E-state index contributed by atoms with van der Waals surface area (Å²) >= 11 is 2.14. The summed E-state index contributed by atoms with van der Waals surface area (Å²) in [6.45, 7) is 3.48. The third kappa shape index (κ3) is 1.60. The number of rotatable bonds is 1. The minimum absolute atomic E-state index is 0.0856. The van der Waals surface area contributed by atoms with Gasteiger partial charge in [0.25, 0.3) is 0 Å². The number of ketones is 1. The van der Waals surface area contributed by atoms with Crippen molar-refractivity contribution in [3.63, 3.8) is 0 Å². The highest BCUT2D eigenvalue weighted by Gasteiger charge is 2.08. The van der Waals surface area contributed by atoms with E-state index in [1.807, 2.05) is 6.92 Å². The van der Waals surface area contributed by atoms with Crippen molar-refractivity contribution in [3.05, 3.63) is 26.8 Å². The van der Waals surface area contributed by atoms with E-state index in [0.717, 1.165) is 20.4 Å². The highest BCUT2D eigenvalue weighted by atomic mass is 127. The van der Waals surface area contributed by atoms with Crippen LogP contribution >= 0.6 is 22.6 Å². The molecule has 0 aliphatic heterocycles. The van der Waals surface area contributed by atoms with Gasteiger partial charge in [-0.2, -0.15) is 0 Å². The molecule has 0 radical (unpaired) electrons. The third-order valence-corrected chi connectivity index (χ3v) is 3.20. The average molecular weight is 275 g/mol. The van der Waals surface area contributed by atoms with Gasteiger partial charge in [-0.05, 0) is 54.1 Å². The van der Waals surface area contributed by atoms with Crippen LogP contribution < -0.4 is 5.73 Å². The molecule has 0 atom stereocenters. The Bertz CT molecular complexity index is 334. The van der Waals surface area contributed by atoms with E-state index in [0.29, 0.717) is 0 Å². The van der Waals surface area contributed by atoms with Crippen LogP contribution in [0.4, 0.5) is 5.69 Å². The van der Waals surface area contributed by atoms with Gasteiger partial charge in [-0.15, -0.1) is 0 Å². The molecule has 0 aliphatic carbocycles. The van der Waals surface area contributed by atoms with Crippen LogP contribution in [0, 0.1) is 10.5 Å². The van der Waals surface area contributed by atoms with Crippen molar-refractivity contribution in [2.75, 3.05) is 5.73 Å². The fraction of sp³-hybridized carbons (Fsp3) is 0.222. The van der Waals surface area contributed by atoms with Gasteiger partial charge in [-0.3, -0.25) is 4.79 Å². The standard InChI is InChI=1S/C9H10INO/c1-5-8(11)4-3-7(6(2)12)9(5)10/h3-4H,11H2,1-2H3. The fourth-order valence-electron chi connectivity index (χ4n) is 0.972. The Morgan fingerprint density at radius 3 is 2.58 bits per heavy atom. The highest BCUT2D eigenvalue weighted by Crippen LogP contribution is 2.22. The van der Waals surface area contributed by atoms with E-state index in [4.69, 9.17) is 5.73 Å². The third-order valence-electron chi connectivity index (χ3n) is 1.81. The number of Topliss-reactive ketones (excluding diaryl/α,β-unsaturated/α-hetero) is 1. The molecular formula is C9H10INO. The molecule has 0 aliphatic rings. The Balaban J connectivity index is 3.36. The van der Waals surface area contributed by atoms with Gasteiger partial charge in [-0.25, -0.2) is 0 Å². The topological polar surface area (TPSA) is 43.1 Å². The van der Waals surface area contributed by atoms with Crippen molar-refractivity contribution in [3.8, 4) is 0 Å². The molecule has 1 aromatic rings. The van der Waals surface area contributed by atoms with Crippen LogP contribution in [0.1, 0.15) is 22.8 Å². The minimum Gasteiger partial charge on any atom is -0.398 e. The summed E-state index contributed by atoms with van der Waals surface area (Å²) < 4.78 is 0.958. The number of nitrogen functional groups attached to an aromatic ring is 1. The van der Waals surface area contributed by atoms with E-state index in [1.54, 1.807) is 19.1 Å². The van der Waals surface area contributed by atoms with Crippen molar-refractivity contribution < 1.29 is 4.79 Å². The first-order chi connectivity index (χ1) is 5.54. The van der Waals surface area contributed by atoms with E-state index < -0.39 is 0 Å². The first-order valence-electron chi connectivity index (χ1n) is 3.59. The normalized spacial score (nSPS) is 9.92. The molecule has 0 spiro atoms. The highest BCUT2D eigenvalue weighted by molar-refractivity contribution is 14.1. The second-order valence-corrected chi connectivity index (χ2v) is 3.78. The number of benzene rings is 1. The van der Waals surface area contributed by atoms with Crippen molar-refractivity contribution in [1.29, 1.82) is 0 Å². The van der Waals surface area contributed by atoms with Gasteiger partial charge in [0.2, 0.25) is 0 Å². The molecule has 12 heavy (non-hydrogen) atoms. The molecule has 0 bridgehead atoms. The summed E-state index contributed by atoms with van der Waals surface area (Å²) in [5, 5.41) is 0. The second-order valence-electron chi connectivity index (χ2n) is 2.70. The van der Waals surface area contributed by atoms with Gasteiger partial charge in [0.15, 0.2) is 5.78 Å². The molecule has 1 rings (SSSR count). The first kappa shape index (κ1) is 9.51. The lowest BCUT2D eigenvalue weighted by molar-refractivity contribution is 0.101. The van der Waals surface area contributed by atoms with Crippen molar-refractivity contribution in [1.82, 2.24) is 0 Å². The van der Waals surface area contributed by atoms with E-state index >= 15 is 0 Å². The maximum Gasteiger partial charge on any atom is 0.160 e. The molecule has 0 fully saturated rings. The van der Waals surface area contributed by atoms with E-state index in [1.165, 1.54) is 0 Å². The Kier molecular flexibility index (Phi) is 2.72. The zero-order chi connectivity index (χ0) is 9.30. The van der Waals surface area contributed by atoms with Gasteiger partial charge in [-0.1, -0.05) is 0 Å². The summed E-state index contributed by atoms with van der Waals surface area (Å²) in [4.78, 5) is 11.1. The van der Waals surface area contributed by atoms with Gasteiger partial charge >= 0.3 is 0 Å². The number of carbonyl (C=O) groups is 1. The Morgan fingerprint density at radius 1 is 1.50 bits per heavy atom. The van der Waals surface area contributed by atoms with Gasteiger partial charge in [0, 0.05) is 14.8 Å². The quantitative estimate of drug-likeness (QED) is 0.486. The lowest BCUT2D eigenvalue weighted by Gasteiger charge is -2.06. The maximum atomic E-state index is 11.1. The molecule has 0 aromatic heterocycles. The Hall–Kier alpha value is -0.580. The second kappa shape index (κ2) is 3.43. The largest absolute Gasteiger partial charge is 0.398 e. The van der Waals surface area contributed by atoms with E-state index in [9.17, 15) is 4.79 Å². The van der Waals surface area contributed by atoms with Crippen LogP contribution in [-0.2, 0) is 0 Å². The zero-order valence-corrected chi connectivity index (χ0v) is 9.18. The number of nitrogens with two attached hydrogens (primary N) is 1. The van der Waals surface area contributed by atoms with Gasteiger partial charge in [0.1, 0.15) is 0 Å². The Morgan fingerprint density at radius 2 is 2.08 bits per heavy atom. The maximum absolute atomic E-state index is 11.1. The monoisotopic (exact) mass is 275 g/mol. The van der Waals surface area contributed by atoms with Crippen LogP contribution in [-0.4, -0.2) is 5.78 Å². The number of anilines is 1. The molecule has 0 heterocycles. The summed E-state index contributed by atoms with van der Waals surface area (Å²) in [5.41, 5.74) is 8.16. The summed E-state index contributed by atoms with van der Waals surface area (Å²) in [6.07, 6.45) is 0. The average Bonchev–Trinajstić information content (AvgIpc) is 2.00. The number of hydrogen-bond donors (Lipinski definition) is 1. The number of hydrogen-bond acceptors (Lipinski definition) is 2. The smallest absolute Gasteiger partial charge is 0.160 e. The van der Waals surface area contributed by atoms with Crippen LogP contribution in [0.2, 0.25) is 0 Å². The number of carbonyl (C=O) groups excluding carboxylic acids is 1. The first-order valence-corrected chi connectivity index (χ1v) is 4.67. The van der Waals surface area contributed by atoms with Crippen LogP contribution in [0.5, 0.6) is 0 Å². The molecule has 0 saturated heterocycles. The van der Waals surface area contributed by atoms with Crippen molar-refractivity contribution in [2.45, 2.75) is 13.8 Å². The van der Waals surface area contributed by atoms with Gasteiger partial charge < -0.3 is 5.73 Å². The van der Waals surface area contributed by atoms with Crippen molar-refractivity contribution in [2.24, 2.45) is 0 Å². The summed E-state index contributed by atoms with van der Waals surface area (Å²) in [7, 11) is 0. The predicted molar refractivity (Wildman–Crippen MR) is 58.3 cm³/mol. The zero-order valence-electron chi connectivity index (χ0n) is 7.02. The number of halogens is 1. The summed E-state index contributed by atoms with van der Waals surface area (Å²) in [6, 6.07) is 3.54. The lowest BCUT2D eigenvalue weighted by atomic mass is 10.1. The van der Waals surface area contributed by atoms with Crippen molar-refractivity contribution >= 4 is 34.1 Å². The molecule has 3 heteroatoms. The molecule has 0 amide bonds. The minimum atomic E-state index is 0.0856. The van der Waals surface area contributed by atoms with Crippen LogP contribution in [0.25, 0.3) is 0 Å². The molecule has 2 N–H and O–H groups in total. The molecule has 2 nitrogen and oxygen atoms in total. The Labute approximate surface area is 85.3 Å². The van der Waals surface area contributed by atoms with E-state index in [2.05, 4.69) is 22.6 Å². The molecular weight excluding hydrogens is 265 g/mol. The summed E-state index contributed by atoms with van der Waals surface area (Å²) in [5.74, 6) is 0.0856. The van der Waals surface area contributed by atoms with Gasteiger partial charge in [0.05, 0.1) is 0 Å². The van der Waals surface area contributed by atoms with Crippen LogP contribution in [0.3, 0.4) is 0 Å². The van der Waals surface area contributed by atoms with Crippen LogP contribution in [0.15, 0.2) is 12.1 Å². The van der Waals surface area contributed by atoms with E-state index in [-0.39, 0.29) is 5.78 Å². The molecule has 0 saturated carbocycles. The predicted octanol–water partition coefficient (Wildman–Crippen LogP) is 2.38. The lowest BCUT2D eigenvalue weighted by Crippen LogP contribution is -2.00. The SMILES string of the molecule is CC(=O)c1ccc(N)c(C)c1I. The molecule has 0 unspecified atom stereocenters. The molecule has 64 valence electrons. The molecule has 1 aromatic carbocycles. The fourth-order valence-corrected chi connectivity index (χ4v) is 1.84.